The molecule has 0 saturated carbocycles. The molecular formula is C18H20F2N2O4. The molecule has 0 aromatic heterocycles. The summed E-state index contributed by atoms with van der Waals surface area (Å²) in [5.74, 6) is 0.370. The zero-order valence-corrected chi connectivity index (χ0v) is 14.6. The van der Waals surface area contributed by atoms with Crippen molar-refractivity contribution in [2.24, 2.45) is 0 Å². The highest BCUT2D eigenvalue weighted by Crippen LogP contribution is 2.31. The van der Waals surface area contributed by atoms with E-state index >= 15 is 0 Å². The molecule has 0 aliphatic rings. The molecule has 2 rings (SSSR count). The van der Waals surface area contributed by atoms with Gasteiger partial charge in [0.05, 0.1) is 14.2 Å². The van der Waals surface area contributed by atoms with Crippen LogP contribution in [0.2, 0.25) is 0 Å². The molecule has 0 spiro atoms. The summed E-state index contributed by atoms with van der Waals surface area (Å²) >= 11 is 0. The molecule has 0 fully saturated rings. The predicted molar refractivity (Wildman–Crippen MR) is 94.3 cm³/mol. The van der Waals surface area contributed by atoms with E-state index in [-0.39, 0.29) is 17.4 Å². The van der Waals surface area contributed by atoms with Crippen molar-refractivity contribution in [3.63, 3.8) is 0 Å². The average molecular weight is 366 g/mol. The summed E-state index contributed by atoms with van der Waals surface area (Å²) in [5.41, 5.74) is 1.02. The smallest absolute Gasteiger partial charge is 0.387 e. The molecule has 0 heterocycles. The van der Waals surface area contributed by atoms with Gasteiger partial charge in [0.1, 0.15) is 11.8 Å². The first-order valence-corrected chi connectivity index (χ1v) is 7.77. The largest absolute Gasteiger partial charge is 0.497 e. The molecule has 0 radical (unpaired) electrons. The first-order chi connectivity index (χ1) is 12.4. The van der Waals surface area contributed by atoms with E-state index in [0.29, 0.717) is 17.1 Å². The molecule has 2 aromatic carbocycles. The Morgan fingerprint density at radius 3 is 2.42 bits per heavy atom. The van der Waals surface area contributed by atoms with E-state index in [4.69, 9.17) is 9.47 Å². The van der Waals surface area contributed by atoms with Crippen LogP contribution in [-0.2, 0) is 4.79 Å². The Kier molecular flexibility index (Phi) is 6.60. The van der Waals surface area contributed by atoms with Crippen LogP contribution in [0.25, 0.3) is 0 Å². The molecule has 26 heavy (non-hydrogen) atoms. The lowest BCUT2D eigenvalue weighted by Gasteiger charge is -2.17. The van der Waals surface area contributed by atoms with E-state index in [2.05, 4.69) is 15.4 Å². The molecule has 2 N–H and O–H groups in total. The highest BCUT2D eigenvalue weighted by Gasteiger charge is 2.16. The Labute approximate surface area is 150 Å². The van der Waals surface area contributed by atoms with Gasteiger partial charge in [-0.25, -0.2) is 0 Å². The molecule has 2 aromatic rings. The Morgan fingerprint density at radius 1 is 1.00 bits per heavy atom. The van der Waals surface area contributed by atoms with Crippen LogP contribution in [0, 0.1) is 0 Å². The normalized spacial score (nSPS) is 11.6. The Morgan fingerprint density at radius 2 is 1.77 bits per heavy atom. The standard InChI is InChI=1S/C18H20F2N2O4/c1-11(17(23)22-12-5-4-6-14(9-12)24-2)21-13-7-8-15(25-3)16(10-13)26-18(19)20/h4-11,18,21H,1-3H3,(H,22,23). The molecule has 1 atom stereocenters. The van der Waals surface area contributed by atoms with Crippen LogP contribution in [0.5, 0.6) is 17.2 Å². The third kappa shape index (κ3) is 5.23. The monoisotopic (exact) mass is 366 g/mol. The number of carbonyl (C=O) groups is 1. The van der Waals surface area contributed by atoms with Crippen molar-refractivity contribution in [3.8, 4) is 17.2 Å². The number of halogens is 2. The van der Waals surface area contributed by atoms with Gasteiger partial charge in [0.15, 0.2) is 11.5 Å². The lowest BCUT2D eigenvalue weighted by molar-refractivity contribution is -0.116. The van der Waals surface area contributed by atoms with Gasteiger partial charge in [-0.15, -0.1) is 0 Å². The molecule has 1 unspecified atom stereocenters. The fourth-order valence-electron chi connectivity index (χ4n) is 2.22. The highest BCUT2D eigenvalue weighted by molar-refractivity contribution is 5.96. The van der Waals surface area contributed by atoms with Gasteiger partial charge in [0.2, 0.25) is 5.91 Å². The Balaban J connectivity index is 2.05. The number of hydrogen-bond donors (Lipinski definition) is 2. The fourth-order valence-corrected chi connectivity index (χ4v) is 2.22. The van der Waals surface area contributed by atoms with Gasteiger partial charge in [-0.2, -0.15) is 8.78 Å². The maximum absolute atomic E-state index is 12.5. The first-order valence-electron chi connectivity index (χ1n) is 7.77. The quantitative estimate of drug-likeness (QED) is 0.745. The van der Waals surface area contributed by atoms with Crippen molar-refractivity contribution in [2.75, 3.05) is 24.9 Å². The van der Waals surface area contributed by atoms with Crippen LogP contribution >= 0.6 is 0 Å². The Bertz CT molecular complexity index is 756. The lowest BCUT2D eigenvalue weighted by Crippen LogP contribution is -2.31. The van der Waals surface area contributed by atoms with E-state index < -0.39 is 12.7 Å². The third-order valence-corrected chi connectivity index (χ3v) is 3.49. The van der Waals surface area contributed by atoms with Crippen LogP contribution in [0.15, 0.2) is 42.5 Å². The number of alkyl halides is 2. The summed E-state index contributed by atoms with van der Waals surface area (Å²) in [7, 11) is 2.89. The SMILES string of the molecule is COc1cccc(NC(=O)C(C)Nc2ccc(OC)c(OC(F)F)c2)c1. The summed E-state index contributed by atoms with van der Waals surface area (Å²) in [6.45, 7) is -1.33. The molecule has 0 aliphatic heterocycles. The van der Waals surface area contributed by atoms with Gasteiger partial charge in [0, 0.05) is 23.5 Å². The molecule has 6 nitrogen and oxygen atoms in total. The number of nitrogens with one attached hydrogen (secondary N) is 2. The van der Waals surface area contributed by atoms with Crippen molar-refractivity contribution in [1.82, 2.24) is 0 Å². The highest BCUT2D eigenvalue weighted by atomic mass is 19.3. The van der Waals surface area contributed by atoms with Crippen molar-refractivity contribution >= 4 is 17.3 Å². The van der Waals surface area contributed by atoms with Gasteiger partial charge in [-0.3, -0.25) is 4.79 Å². The van der Waals surface area contributed by atoms with Crippen LogP contribution < -0.4 is 24.8 Å². The van der Waals surface area contributed by atoms with E-state index in [1.807, 2.05) is 0 Å². The molecule has 1 amide bonds. The molecule has 0 aliphatic carbocycles. The minimum atomic E-state index is -2.98. The maximum atomic E-state index is 12.5. The molecule has 8 heteroatoms. The van der Waals surface area contributed by atoms with Gasteiger partial charge in [-0.1, -0.05) is 6.07 Å². The lowest BCUT2D eigenvalue weighted by atomic mass is 10.2. The molecule has 140 valence electrons. The Hall–Kier alpha value is -3.03. The summed E-state index contributed by atoms with van der Waals surface area (Å²) in [6.07, 6.45) is 0. The van der Waals surface area contributed by atoms with Gasteiger partial charge < -0.3 is 24.8 Å². The topological polar surface area (TPSA) is 68.8 Å². The van der Waals surface area contributed by atoms with E-state index in [0.717, 1.165) is 0 Å². The number of ether oxygens (including phenoxy) is 3. The third-order valence-electron chi connectivity index (χ3n) is 3.49. The summed E-state index contributed by atoms with van der Waals surface area (Å²) in [5, 5.41) is 5.68. The number of methoxy groups -OCH3 is 2. The van der Waals surface area contributed by atoms with Gasteiger partial charge >= 0.3 is 6.61 Å². The molecular weight excluding hydrogens is 346 g/mol. The van der Waals surface area contributed by atoms with E-state index in [1.54, 1.807) is 37.3 Å². The number of hydrogen-bond acceptors (Lipinski definition) is 5. The summed E-state index contributed by atoms with van der Waals surface area (Å²) in [4.78, 5) is 12.3. The summed E-state index contributed by atoms with van der Waals surface area (Å²) < 4.78 is 39.5. The maximum Gasteiger partial charge on any atom is 0.387 e. The number of carbonyl (C=O) groups excluding carboxylic acids is 1. The second kappa shape index (κ2) is 8.89. The zero-order chi connectivity index (χ0) is 19.1. The fraction of sp³-hybridized carbons (Fsp3) is 0.278. The van der Waals surface area contributed by atoms with E-state index in [9.17, 15) is 13.6 Å². The minimum absolute atomic E-state index is 0.118. The van der Waals surface area contributed by atoms with Crippen LogP contribution in [-0.4, -0.2) is 32.8 Å². The van der Waals surface area contributed by atoms with E-state index in [1.165, 1.54) is 26.4 Å². The van der Waals surface area contributed by atoms with Gasteiger partial charge in [-0.05, 0) is 31.2 Å². The second-order valence-corrected chi connectivity index (χ2v) is 5.33. The van der Waals surface area contributed by atoms with Crippen molar-refractivity contribution in [2.45, 2.75) is 19.6 Å². The van der Waals surface area contributed by atoms with Crippen molar-refractivity contribution < 1.29 is 27.8 Å². The first kappa shape index (κ1) is 19.3. The average Bonchev–Trinajstić information content (AvgIpc) is 2.61. The number of amides is 1. The van der Waals surface area contributed by atoms with Crippen molar-refractivity contribution in [1.29, 1.82) is 0 Å². The van der Waals surface area contributed by atoms with Crippen LogP contribution in [0.4, 0.5) is 20.2 Å². The van der Waals surface area contributed by atoms with Gasteiger partial charge in [0.25, 0.3) is 0 Å². The predicted octanol–water partition coefficient (Wildman–Crippen LogP) is 3.74. The number of rotatable bonds is 8. The summed E-state index contributed by atoms with van der Waals surface area (Å²) in [6, 6.07) is 10.7. The zero-order valence-electron chi connectivity index (χ0n) is 14.6. The number of anilines is 2. The second-order valence-electron chi connectivity index (χ2n) is 5.33. The van der Waals surface area contributed by atoms with Crippen molar-refractivity contribution in [3.05, 3.63) is 42.5 Å². The number of benzene rings is 2. The molecule has 0 saturated heterocycles. The van der Waals surface area contributed by atoms with Crippen LogP contribution in [0.3, 0.4) is 0 Å². The molecule has 0 bridgehead atoms. The minimum Gasteiger partial charge on any atom is -0.497 e. The van der Waals surface area contributed by atoms with Crippen LogP contribution in [0.1, 0.15) is 6.92 Å².